The molecule has 4 nitrogen and oxygen atoms in total. The second kappa shape index (κ2) is 8.25. The van der Waals surface area contributed by atoms with Gasteiger partial charge in [-0.05, 0) is 12.8 Å². The molecule has 1 N–H and O–H groups in total. The molecule has 1 aromatic heterocycles. The molecule has 0 radical (unpaired) electrons. The lowest BCUT2D eigenvalue weighted by atomic mass is 10.5. The first kappa shape index (κ1) is 14.2. The zero-order valence-electron chi connectivity index (χ0n) is 10.2. The van der Waals surface area contributed by atoms with E-state index in [1.165, 1.54) is 18.0 Å². The molecule has 17 heavy (non-hydrogen) atoms. The molecule has 1 aromatic rings. The highest BCUT2D eigenvalue weighted by Crippen LogP contribution is 2.20. The Morgan fingerprint density at radius 3 is 3.06 bits per heavy atom. The maximum atomic E-state index is 13.4. The van der Waals surface area contributed by atoms with Crippen LogP contribution in [0.25, 0.3) is 0 Å². The van der Waals surface area contributed by atoms with E-state index in [0.29, 0.717) is 17.6 Å². The van der Waals surface area contributed by atoms with Crippen LogP contribution in [-0.4, -0.2) is 36.0 Å². The minimum absolute atomic E-state index is 0.366. The molecular weight excluding hydrogens is 241 g/mol. The quantitative estimate of drug-likeness (QED) is 0.442. The molecule has 0 atom stereocenters. The van der Waals surface area contributed by atoms with Gasteiger partial charge in [0.05, 0.1) is 6.20 Å². The standard InChI is InChI=1S/C11H18FN3OS/c1-3-5-13-11-14-8-9(12)10(15-11)17-7-4-6-16-2/h8H,3-7H2,1-2H3,(H,13,14,15). The number of anilines is 1. The predicted octanol–water partition coefficient (Wildman–Crippen LogP) is 2.57. The molecule has 0 aromatic carbocycles. The van der Waals surface area contributed by atoms with E-state index in [1.807, 2.05) is 0 Å². The Kier molecular flexibility index (Phi) is 6.88. The fourth-order valence-electron chi connectivity index (χ4n) is 1.15. The van der Waals surface area contributed by atoms with Crippen molar-refractivity contribution in [3.05, 3.63) is 12.0 Å². The van der Waals surface area contributed by atoms with Gasteiger partial charge in [-0.2, -0.15) is 0 Å². The number of ether oxygens (including phenoxy) is 1. The number of aromatic nitrogens is 2. The Morgan fingerprint density at radius 1 is 1.53 bits per heavy atom. The number of hydrogen-bond acceptors (Lipinski definition) is 5. The van der Waals surface area contributed by atoms with Crippen molar-refractivity contribution in [2.75, 3.05) is 31.3 Å². The van der Waals surface area contributed by atoms with E-state index in [2.05, 4.69) is 22.2 Å². The van der Waals surface area contributed by atoms with Crippen molar-refractivity contribution in [3.63, 3.8) is 0 Å². The summed E-state index contributed by atoms with van der Waals surface area (Å²) >= 11 is 1.39. The van der Waals surface area contributed by atoms with Gasteiger partial charge in [-0.3, -0.25) is 0 Å². The van der Waals surface area contributed by atoms with Crippen molar-refractivity contribution in [3.8, 4) is 0 Å². The molecule has 1 heterocycles. The zero-order chi connectivity index (χ0) is 12.5. The van der Waals surface area contributed by atoms with E-state index in [1.54, 1.807) is 7.11 Å². The van der Waals surface area contributed by atoms with Crippen LogP contribution >= 0.6 is 11.8 Å². The van der Waals surface area contributed by atoms with Crippen molar-refractivity contribution in [1.29, 1.82) is 0 Å². The van der Waals surface area contributed by atoms with Gasteiger partial charge in [0, 0.05) is 26.0 Å². The molecule has 1 rings (SSSR count). The number of nitrogens with zero attached hydrogens (tertiary/aromatic N) is 2. The lowest BCUT2D eigenvalue weighted by molar-refractivity contribution is 0.200. The van der Waals surface area contributed by atoms with Crippen LogP contribution in [0.5, 0.6) is 0 Å². The molecule has 0 bridgehead atoms. The summed E-state index contributed by atoms with van der Waals surface area (Å²) in [5.41, 5.74) is 0. The Balaban J connectivity index is 2.50. The van der Waals surface area contributed by atoms with Crippen LogP contribution in [0.1, 0.15) is 19.8 Å². The minimum atomic E-state index is -0.366. The third-order valence-corrected chi connectivity index (χ3v) is 3.03. The van der Waals surface area contributed by atoms with Crippen molar-refractivity contribution in [2.24, 2.45) is 0 Å². The summed E-state index contributed by atoms with van der Waals surface area (Å²) < 4.78 is 18.3. The summed E-state index contributed by atoms with van der Waals surface area (Å²) in [5, 5.41) is 3.43. The summed E-state index contributed by atoms with van der Waals surface area (Å²) in [6.07, 6.45) is 3.07. The molecule has 0 saturated heterocycles. The van der Waals surface area contributed by atoms with Gasteiger partial charge in [-0.25, -0.2) is 14.4 Å². The highest BCUT2D eigenvalue weighted by atomic mass is 32.2. The van der Waals surface area contributed by atoms with E-state index in [-0.39, 0.29) is 5.82 Å². The van der Waals surface area contributed by atoms with Gasteiger partial charge in [0.2, 0.25) is 5.95 Å². The van der Waals surface area contributed by atoms with E-state index >= 15 is 0 Å². The molecule has 0 saturated carbocycles. The Morgan fingerprint density at radius 2 is 2.35 bits per heavy atom. The topological polar surface area (TPSA) is 47.0 Å². The van der Waals surface area contributed by atoms with Gasteiger partial charge in [-0.1, -0.05) is 6.92 Å². The Bertz CT molecular complexity index is 338. The fraction of sp³-hybridized carbons (Fsp3) is 0.636. The van der Waals surface area contributed by atoms with Crippen LogP contribution in [0.15, 0.2) is 11.2 Å². The lowest BCUT2D eigenvalue weighted by Gasteiger charge is -2.06. The second-order valence-electron chi connectivity index (χ2n) is 3.47. The van der Waals surface area contributed by atoms with Crippen molar-refractivity contribution in [1.82, 2.24) is 9.97 Å². The van der Waals surface area contributed by atoms with Crippen LogP contribution < -0.4 is 5.32 Å². The first-order chi connectivity index (χ1) is 8.27. The molecule has 0 aliphatic carbocycles. The number of rotatable bonds is 8. The van der Waals surface area contributed by atoms with Crippen LogP contribution in [0.3, 0.4) is 0 Å². The molecule has 0 unspecified atom stereocenters. The third-order valence-electron chi connectivity index (χ3n) is 1.98. The van der Waals surface area contributed by atoms with Crippen LogP contribution in [0.2, 0.25) is 0 Å². The number of nitrogens with one attached hydrogen (secondary N) is 1. The Hall–Kier alpha value is -0.880. The second-order valence-corrected chi connectivity index (χ2v) is 4.55. The zero-order valence-corrected chi connectivity index (χ0v) is 11.0. The summed E-state index contributed by atoms with van der Waals surface area (Å²) in [6.45, 7) is 3.52. The van der Waals surface area contributed by atoms with Gasteiger partial charge in [0.1, 0.15) is 5.03 Å². The predicted molar refractivity (Wildman–Crippen MR) is 68.0 cm³/mol. The minimum Gasteiger partial charge on any atom is -0.385 e. The van der Waals surface area contributed by atoms with Crippen LogP contribution in [-0.2, 0) is 4.74 Å². The van der Waals surface area contributed by atoms with Crippen LogP contribution in [0, 0.1) is 5.82 Å². The third kappa shape index (κ3) is 5.32. The molecule has 0 spiro atoms. The van der Waals surface area contributed by atoms with Crippen molar-refractivity contribution in [2.45, 2.75) is 24.8 Å². The number of hydrogen-bond donors (Lipinski definition) is 1. The first-order valence-electron chi connectivity index (χ1n) is 5.66. The number of halogens is 1. The highest BCUT2D eigenvalue weighted by molar-refractivity contribution is 7.99. The molecule has 6 heteroatoms. The normalized spacial score (nSPS) is 10.5. The van der Waals surface area contributed by atoms with Crippen molar-refractivity contribution >= 4 is 17.7 Å². The summed E-state index contributed by atoms with van der Waals surface area (Å²) in [6, 6.07) is 0. The molecule has 0 aliphatic heterocycles. The molecule has 0 amide bonds. The van der Waals surface area contributed by atoms with Crippen LogP contribution in [0.4, 0.5) is 10.3 Å². The maximum Gasteiger partial charge on any atom is 0.223 e. The maximum absolute atomic E-state index is 13.4. The van der Waals surface area contributed by atoms with E-state index < -0.39 is 0 Å². The smallest absolute Gasteiger partial charge is 0.223 e. The van der Waals surface area contributed by atoms with E-state index in [0.717, 1.165) is 25.1 Å². The average Bonchev–Trinajstić information content (AvgIpc) is 2.35. The SMILES string of the molecule is CCCNc1ncc(F)c(SCCCOC)n1. The van der Waals surface area contributed by atoms with E-state index in [4.69, 9.17) is 4.74 Å². The van der Waals surface area contributed by atoms with Gasteiger partial charge >= 0.3 is 0 Å². The van der Waals surface area contributed by atoms with Gasteiger partial charge < -0.3 is 10.1 Å². The van der Waals surface area contributed by atoms with Crippen molar-refractivity contribution < 1.29 is 9.13 Å². The number of methoxy groups -OCH3 is 1. The fourth-order valence-corrected chi connectivity index (χ4v) is 1.94. The van der Waals surface area contributed by atoms with E-state index in [9.17, 15) is 4.39 Å². The first-order valence-corrected chi connectivity index (χ1v) is 6.64. The van der Waals surface area contributed by atoms with Gasteiger partial charge in [0.25, 0.3) is 0 Å². The largest absolute Gasteiger partial charge is 0.385 e. The molecule has 0 aliphatic rings. The number of thioether (sulfide) groups is 1. The summed E-state index contributed by atoms with van der Waals surface area (Å²) in [4.78, 5) is 8.02. The van der Waals surface area contributed by atoms with Gasteiger partial charge in [-0.15, -0.1) is 11.8 Å². The molecule has 96 valence electrons. The lowest BCUT2D eigenvalue weighted by Crippen LogP contribution is -2.05. The summed E-state index contributed by atoms with van der Waals surface area (Å²) in [7, 11) is 1.66. The average molecular weight is 259 g/mol. The Labute approximate surface area is 105 Å². The highest BCUT2D eigenvalue weighted by Gasteiger charge is 2.07. The monoisotopic (exact) mass is 259 g/mol. The molecule has 0 fully saturated rings. The van der Waals surface area contributed by atoms with Gasteiger partial charge in [0.15, 0.2) is 5.82 Å². The molecular formula is C11H18FN3OS. The summed E-state index contributed by atoms with van der Waals surface area (Å²) in [5.74, 6) is 0.909.